The summed E-state index contributed by atoms with van der Waals surface area (Å²) in [7, 11) is 1.90. The van der Waals surface area contributed by atoms with Crippen molar-refractivity contribution in [3.05, 3.63) is 34.2 Å². The maximum absolute atomic E-state index is 5.94. The lowest BCUT2D eigenvalue weighted by molar-refractivity contribution is 0.390. The molecule has 2 aromatic heterocycles. The highest BCUT2D eigenvalue weighted by Crippen LogP contribution is 2.21. The van der Waals surface area contributed by atoms with Crippen LogP contribution in [0.1, 0.15) is 35.8 Å². The molecule has 0 radical (unpaired) electrons. The van der Waals surface area contributed by atoms with Crippen molar-refractivity contribution in [2.45, 2.75) is 33.4 Å². The molecule has 0 bridgehead atoms. The molecule has 98 valence electrons. The first kappa shape index (κ1) is 13.1. The smallest absolute Gasteiger partial charge is 0.138 e. The summed E-state index contributed by atoms with van der Waals surface area (Å²) in [5.41, 5.74) is 2.03. The van der Waals surface area contributed by atoms with Gasteiger partial charge in [-0.3, -0.25) is 0 Å². The van der Waals surface area contributed by atoms with Gasteiger partial charge in [-0.15, -0.1) is 0 Å². The second-order valence-corrected chi connectivity index (χ2v) is 4.78. The SMILES string of the molecule is Cc1noc(C)c1C(C)NCc1ncc(Cl)n1C. The Morgan fingerprint density at radius 1 is 1.50 bits per heavy atom. The average Bonchev–Trinajstić information content (AvgIpc) is 2.82. The van der Waals surface area contributed by atoms with E-state index < -0.39 is 0 Å². The predicted molar refractivity (Wildman–Crippen MR) is 69.4 cm³/mol. The van der Waals surface area contributed by atoms with E-state index in [4.69, 9.17) is 16.1 Å². The van der Waals surface area contributed by atoms with E-state index in [0.717, 1.165) is 22.8 Å². The minimum atomic E-state index is 0.159. The molecular weight excluding hydrogens is 252 g/mol. The maximum atomic E-state index is 5.94. The summed E-state index contributed by atoms with van der Waals surface area (Å²) in [6.07, 6.45) is 1.65. The fourth-order valence-corrected chi connectivity index (χ4v) is 2.19. The zero-order valence-corrected chi connectivity index (χ0v) is 11.7. The van der Waals surface area contributed by atoms with Crippen molar-refractivity contribution in [3.8, 4) is 0 Å². The molecule has 0 saturated carbocycles. The zero-order chi connectivity index (χ0) is 13.3. The normalized spacial score (nSPS) is 12.9. The fourth-order valence-electron chi connectivity index (χ4n) is 2.04. The number of nitrogens with one attached hydrogen (secondary N) is 1. The molecule has 0 aliphatic heterocycles. The van der Waals surface area contributed by atoms with E-state index in [1.807, 2.05) is 25.5 Å². The fraction of sp³-hybridized carbons (Fsp3) is 0.500. The molecule has 0 amide bonds. The van der Waals surface area contributed by atoms with Gasteiger partial charge in [0.1, 0.15) is 16.7 Å². The molecular formula is C12H17ClN4O. The molecule has 1 unspecified atom stereocenters. The molecule has 1 atom stereocenters. The van der Waals surface area contributed by atoms with Crippen LogP contribution in [0.15, 0.2) is 10.7 Å². The van der Waals surface area contributed by atoms with Gasteiger partial charge in [-0.1, -0.05) is 16.8 Å². The third-order valence-electron chi connectivity index (χ3n) is 3.12. The molecule has 1 N–H and O–H groups in total. The minimum Gasteiger partial charge on any atom is -0.361 e. The lowest BCUT2D eigenvalue weighted by Gasteiger charge is -2.13. The second kappa shape index (κ2) is 5.12. The summed E-state index contributed by atoms with van der Waals surface area (Å²) in [6, 6.07) is 0.159. The Kier molecular flexibility index (Phi) is 3.73. The topological polar surface area (TPSA) is 55.9 Å². The van der Waals surface area contributed by atoms with E-state index >= 15 is 0 Å². The number of rotatable bonds is 4. The molecule has 5 nitrogen and oxygen atoms in total. The van der Waals surface area contributed by atoms with Crippen LogP contribution in [-0.4, -0.2) is 14.7 Å². The van der Waals surface area contributed by atoms with Crippen LogP contribution in [0.2, 0.25) is 5.15 Å². The van der Waals surface area contributed by atoms with Crippen LogP contribution in [0, 0.1) is 13.8 Å². The van der Waals surface area contributed by atoms with Crippen LogP contribution in [0.5, 0.6) is 0 Å². The van der Waals surface area contributed by atoms with Gasteiger partial charge in [0.05, 0.1) is 18.4 Å². The number of aryl methyl sites for hydroxylation is 2. The Labute approximate surface area is 111 Å². The molecule has 0 aliphatic rings. The van der Waals surface area contributed by atoms with Crippen molar-refractivity contribution in [2.24, 2.45) is 7.05 Å². The van der Waals surface area contributed by atoms with E-state index in [2.05, 4.69) is 22.4 Å². The van der Waals surface area contributed by atoms with Gasteiger partial charge in [0, 0.05) is 18.7 Å². The Morgan fingerprint density at radius 2 is 2.22 bits per heavy atom. The highest BCUT2D eigenvalue weighted by atomic mass is 35.5. The van der Waals surface area contributed by atoms with E-state index in [-0.39, 0.29) is 6.04 Å². The standard InChI is InChI=1S/C12H17ClN4O/c1-7(12-8(2)16-18-9(12)3)14-6-11-15-5-10(13)17(11)4/h5,7,14H,6H2,1-4H3. The molecule has 0 spiro atoms. The van der Waals surface area contributed by atoms with E-state index in [0.29, 0.717) is 11.7 Å². The van der Waals surface area contributed by atoms with Crippen molar-refractivity contribution in [3.63, 3.8) is 0 Å². The quantitative estimate of drug-likeness (QED) is 0.926. The molecule has 0 aliphatic carbocycles. The molecule has 2 rings (SSSR count). The van der Waals surface area contributed by atoms with Crippen LogP contribution in [0.3, 0.4) is 0 Å². The molecule has 18 heavy (non-hydrogen) atoms. The number of halogens is 1. The largest absolute Gasteiger partial charge is 0.361 e. The second-order valence-electron chi connectivity index (χ2n) is 4.40. The Morgan fingerprint density at radius 3 is 2.72 bits per heavy atom. The lowest BCUT2D eigenvalue weighted by Crippen LogP contribution is -2.21. The van der Waals surface area contributed by atoms with Crippen LogP contribution < -0.4 is 5.32 Å². The van der Waals surface area contributed by atoms with Crippen molar-refractivity contribution in [2.75, 3.05) is 0 Å². The van der Waals surface area contributed by atoms with Gasteiger partial charge in [-0.05, 0) is 20.8 Å². The Hall–Kier alpha value is -1.33. The summed E-state index contributed by atoms with van der Waals surface area (Å²) in [6.45, 7) is 6.60. The van der Waals surface area contributed by atoms with Crippen LogP contribution in [0.4, 0.5) is 0 Å². The first-order valence-corrected chi connectivity index (χ1v) is 6.20. The Balaban J connectivity index is 2.05. The van der Waals surface area contributed by atoms with Crippen molar-refractivity contribution in [1.29, 1.82) is 0 Å². The Bertz CT molecular complexity index is 527. The zero-order valence-electron chi connectivity index (χ0n) is 11.0. The molecule has 0 aromatic carbocycles. The van der Waals surface area contributed by atoms with Gasteiger partial charge in [-0.25, -0.2) is 4.98 Å². The van der Waals surface area contributed by atoms with Crippen LogP contribution in [0.25, 0.3) is 0 Å². The summed E-state index contributed by atoms with van der Waals surface area (Å²) in [5, 5.41) is 7.99. The highest BCUT2D eigenvalue weighted by Gasteiger charge is 2.16. The predicted octanol–water partition coefficient (Wildman–Crippen LogP) is 2.53. The number of nitrogens with zero attached hydrogens (tertiary/aromatic N) is 3. The summed E-state index contributed by atoms with van der Waals surface area (Å²) in [4.78, 5) is 4.24. The van der Waals surface area contributed by atoms with Crippen LogP contribution >= 0.6 is 11.6 Å². The summed E-state index contributed by atoms with van der Waals surface area (Å²) in [5.74, 6) is 1.75. The maximum Gasteiger partial charge on any atom is 0.138 e. The summed E-state index contributed by atoms with van der Waals surface area (Å²) >= 11 is 5.94. The third kappa shape index (κ3) is 2.42. The highest BCUT2D eigenvalue weighted by molar-refractivity contribution is 6.29. The van der Waals surface area contributed by atoms with Crippen molar-refractivity contribution >= 4 is 11.6 Å². The first-order chi connectivity index (χ1) is 8.50. The molecule has 6 heteroatoms. The van der Waals surface area contributed by atoms with E-state index in [9.17, 15) is 0 Å². The van der Waals surface area contributed by atoms with Gasteiger partial charge in [-0.2, -0.15) is 0 Å². The molecule has 2 heterocycles. The first-order valence-electron chi connectivity index (χ1n) is 5.83. The van der Waals surface area contributed by atoms with Gasteiger partial charge in [0.2, 0.25) is 0 Å². The molecule has 0 saturated heterocycles. The van der Waals surface area contributed by atoms with Crippen molar-refractivity contribution in [1.82, 2.24) is 20.0 Å². The minimum absolute atomic E-state index is 0.159. The summed E-state index contributed by atoms with van der Waals surface area (Å²) < 4.78 is 7.02. The van der Waals surface area contributed by atoms with Crippen molar-refractivity contribution < 1.29 is 4.52 Å². The van der Waals surface area contributed by atoms with Gasteiger partial charge in [0.25, 0.3) is 0 Å². The lowest BCUT2D eigenvalue weighted by atomic mass is 10.1. The van der Waals surface area contributed by atoms with E-state index in [1.54, 1.807) is 6.20 Å². The molecule has 0 fully saturated rings. The van der Waals surface area contributed by atoms with E-state index in [1.165, 1.54) is 0 Å². The average molecular weight is 269 g/mol. The molecule has 2 aromatic rings. The third-order valence-corrected chi connectivity index (χ3v) is 3.47. The van der Waals surface area contributed by atoms with Gasteiger partial charge < -0.3 is 14.4 Å². The van der Waals surface area contributed by atoms with Gasteiger partial charge in [0.15, 0.2) is 0 Å². The van der Waals surface area contributed by atoms with Gasteiger partial charge >= 0.3 is 0 Å². The number of hydrogen-bond donors (Lipinski definition) is 1. The number of aromatic nitrogens is 3. The van der Waals surface area contributed by atoms with Crippen LogP contribution in [-0.2, 0) is 13.6 Å². The number of imidazole rings is 1. The monoisotopic (exact) mass is 268 g/mol. The number of hydrogen-bond acceptors (Lipinski definition) is 4.